The third-order valence-corrected chi connectivity index (χ3v) is 7.78. The van der Waals surface area contributed by atoms with Crippen molar-refractivity contribution in [3.05, 3.63) is 41.1 Å². The van der Waals surface area contributed by atoms with Crippen molar-refractivity contribution in [3.8, 4) is 5.88 Å². The lowest BCUT2D eigenvalue weighted by atomic mass is 9.75. The number of rotatable bonds is 8. The lowest BCUT2D eigenvalue weighted by Gasteiger charge is -2.61. The van der Waals surface area contributed by atoms with Gasteiger partial charge in [0.05, 0.1) is 30.1 Å². The van der Waals surface area contributed by atoms with Crippen LogP contribution in [0.3, 0.4) is 0 Å². The number of aromatic nitrogens is 3. The highest BCUT2D eigenvalue weighted by molar-refractivity contribution is 5.95. The number of halogens is 1. The molecule has 2 aromatic rings. The van der Waals surface area contributed by atoms with Crippen molar-refractivity contribution in [2.45, 2.75) is 57.8 Å². The van der Waals surface area contributed by atoms with Gasteiger partial charge in [-0.3, -0.25) is 19.7 Å². The topological polar surface area (TPSA) is 77.6 Å². The number of amides is 1. The minimum Gasteiger partial charge on any atom is -0.479 e. The van der Waals surface area contributed by atoms with Gasteiger partial charge in [0.2, 0.25) is 5.88 Å². The number of aromatic amines is 1. The molecule has 0 saturated carbocycles. The molecule has 1 N–H and O–H groups in total. The van der Waals surface area contributed by atoms with E-state index in [0.717, 1.165) is 37.2 Å². The molecule has 0 spiro atoms. The zero-order valence-electron chi connectivity index (χ0n) is 20.4. The predicted molar refractivity (Wildman–Crippen MR) is 123 cm³/mol. The van der Waals surface area contributed by atoms with Crippen molar-refractivity contribution in [2.24, 2.45) is 5.92 Å². The summed E-state index contributed by atoms with van der Waals surface area (Å²) in [6, 6.07) is 2.28. The van der Waals surface area contributed by atoms with E-state index >= 15 is 0 Å². The summed E-state index contributed by atoms with van der Waals surface area (Å²) in [5, 5.41) is 7.44. The van der Waals surface area contributed by atoms with Gasteiger partial charge in [-0.2, -0.15) is 5.10 Å². The highest BCUT2D eigenvalue weighted by Crippen LogP contribution is 2.44. The molecule has 3 aliphatic heterocycles. The molecular weight excluding hydrogens is 423 g/mol. The van der Waals surface area contributed by atoms with Crippen LogP contribution in [0.2, 0.25) is 0 Å². The number of fused-ring (bicyclic) bond motifs is 2. The maximum Gasteiger partial charge on any atom is 0.256 e. The second-order valence-corrected chi connectivity index (χ2v) is 9.77. The number of piperidine rings is 1. The monoisotopic (exact) mass is 458 g/mol. The van der Waals surface area contributed by atoms with Crippen molar-refractivity contribution in [2.75, 3.05) is 34.3 Å². The summed E-state index contributed by atoms with van der Waals surface area (Å²) in [7, 11) is 4.96. The third kappa shape index (κ3) is 4.01. The summed E-state index contributed by atoms with van der Waals surface area (Å²) in [4.78, 5) is 23.5. The van der Waals surface area contributed by atoms with Crippen molar-refractivity contribution in [1.29, 1.82) is 0 Å². The van der Waals surface area contributed by atoms with E-state index in [-0.39, 0.29) is 17.3 Å². The van der Waals surface area contributed by atoms with Crippen LogP contribution in [-0.4, -0.2) is 82.2 Å². The number of nitrogens with zero attached hydrogens (tertiary/aromatic N) is 5. The van der Waals surface area contributed by atoms with Gasteiger partial charge in [-0.1, -0.05) is 20.3 Å². The molecule has 1 amide bonds. The fourth-order valence-electron chi connectivity index (χ4n) is 5.43. The minimum atomic E-state index is -0.427. The van der Waals surface area contributed by atoms with Gasteiger partial charge in [0.1, 0.15) is 0 Å². The molecule has 3 saturated heterocycles. The van der Waals surface area contributed by atoms with E-state index in [0.29, 0.717) is 30.1 Å². The maximum absolute atomic E-state index is 14.1. The molecule has 4 atom stereocenters. The molecule has 9 heteroatoms. The molecule has 0 aromatic carbocycles. The third-order valence-electron chi connectivity index (χ3n) is 7.78. The number of nitrogens with one attached hydrogen (secondary N) is 1. The first-order valence-corrected chi connectivity index (χ1v) is 11.6. The first-order chi connectivity index (χ1) is 15.7. The number of pyridine rings is 1. The fraction of sp³-hybridized carbons (Fsp3) is 0.625. The predicted octanol–water partition coefficient (Wildman–Crippen LogP) is 2.87. The van der Waals surface area contributed by atoms with Crippen LogP contribution in [0.4, 0.5) is 4.39 Å². The second-order valence-electron chi connectivity index (χ2n) is 9.77. The molecule has 33 heavy (non-hydrogen) atoms. The Morgan fingerprint density at radius 2 is 2.06 bits per heavy atom. The summed E-state index contributed by atoms with van der Waals surface area (Å²) in [6.45, 7) is 9.12. The second kappa shape index (κ2) is 9.02. The van der Waals surface area contributed by atoms with E-state index in [1.807, 2.05) is 0 Å². The Labute approximate surface area is 195 Å². The largest absolute Gasteiger partial charge is 0.479 e. The van der Waals surface area contributed by atoms with Gasteiger partial charge in [0.15, 0.2) is 5.82 Å². The number of hydrogen-bond donors (Lipinski definition) is 1. The number of hydrogen-bond acceptors (Lipinski definition) is 6. The van der Waals surface area contributed by atoms with Gasteiger partial charge >= 0.3 is 0 Å². The van der Waals surface area contributed by atoms with Crippen LogP contribution in [0.15, 0.2) is 18.5 Å². The standard InChI is InChI=1S/C24H35FN6O2/c1-7-15(2)24(3,21-19(11-27-28-21)23(32)29(4)5)30-13-17-9-18(14-30)31(17)12-16-8-20(25)22(33-6)26-10-16/h8,10-11,15,17-18H,7,9,12-14H2,1-6H3,(H,27,28)/t15-,17?,18?,24?/m1/s1. The molecule has 0 aliphatic carbocycles. The van der Waals surface area contributed by atoms with Crippen LogP contribution in [0.1, 0.15) is 55.2 Å². The Bertz CT molecular complexity index is 999. The normalized spacial score (nSPS) is 23.5. The van der Waals surface area contributed by atoms with Crippen LogP contribution < -0.4 is 4.74 Å². The maximum atomic E-state index is 14.1. The summed E-state index contributed by atoms with van der Waals surface area (Å²) in [6.07, 6.45) is 5.46. The zero-order valence-corrected chi connectivity index (χ0v) is 20.4. The van der Waals surface area contributed by atoms with Crippen LogP contribution in [-0.2, 0) is 12.1 Å². The van der Waals surface area contributed by atoms with E-state index in [1.54, 1.807) is 31.4 Å². The Morgan fingerprint density at radius 1 is 1.36 bits per heavy atom. The van der Waals surface area contributed by atoms with Crippen molar-refractivity contribution >= 4 is 5.91 Å². The lowest BCUT2D eigenvalue weighted by molar-refractivity contribution is -0.121. The number of ether oxygens (including phenoxy) is 1. The highest BCUT2D eigenvalue weighted by atomic mass is 19.1. The van der Waals surface area contributed by atoms with Gasteiger partial charge in [0, 0.05) is 52.0 Å². The van der Waals surface area contributed by atoms with Crippen molar-refractivity contribution in [3.63, 3.8) is 0 Å². The first kappa shape index (κ1) is 23.6. The quantitative estimate of drug-likeness (QED) is 0.656. The molecular formula is C24H35FN6O2. The molecule has 5 rings (SSSR count). The molecule has 2 aromatic heterocycles. The van der Waals surface area contributed by atoms with Gasteiger partial charge in [-0.25, -0.2) is 9.37 Å². The molecule has 0 radical (unpaired) electrons. The van der Waals surface area contributed by atoms with Crippen LogP contribution in [0, 0.1) is 11.7 Å². The SMILES string of the molecule is CC[C@@H](C)C(C)(c1[nH]ncc1C(=O)N(C)C)N1CC2CC(C1)N2Cc1cnc(OC)c(F)c1. The number of methoxy groups -OCH3 is 1. The fourth-order valence-corrected chi connectivity index (χ4v) is 5.43. The Hall–Kier alpha value is -2.52. The van der Waals surface area contributed by atoms with E-state index in [9.17, 15) is 9.18 Å². The smallest absolute Gasteiger partial charge is 0.256 e. The van der Waals surface area contributed by atoms with Gasteiger partial charge in [-0.05, 0) is 30.9 Å². The number of carbonyl (C=O) groups is 1. The summed E-state index contributed by atoms with van der Waals surface area (Å²) >= 11 is 0. The molecule has 5 heterocycles. The van der Waals surface area contributed by atoms with Crippen LogP contribution in [0.5, 0.6) is 5.88 Å². The van der Waals surface area contributed by atoms with Crippen molar-refractivity contribution < 1.29 is 13.9 Å². The van der Waals surface area contributed by atoms with Crippen molar-refractivity contribution in [1.82, 2.24) is 29.9 Å². The van der Waals surface area contributed by atoms with E-state index in [4.69, 9.17) is 4.74 Å². The minimum absolute atomic E-state index is 0.0284. The average Bonchev–Trinajstić information content (AvgIpc) is 3.31. The van der Waals surface area contributed by atoms with Gasteiger partial charge in [0.25, 0.3) is 5.91 Å². The van der Waals surface area contributed by atoms with Crippen LogP contribution in [0.25, 0.3) is 0 Å². The number of piperazine rings is 1. The van der Waals surface area contributed by atoms with Gasteiger partial charge < -0.3 is 9.64 Å². The molecule has 3 fully saturated rings. The Morgan fingerprint density at radius 3 is 2.64 bits per heavy atom. The van der Waals surface area contributed by atoms with Gasteiger partial charge in [-0.15, -0.1) is 0 Å². The van der Waals surface area contributed by atoms with E-state index < -0.39 is 5.82 Å². The zero-order chi connectivity index (χ0) is 23.9. The Kier molecular flexibility index (Phi) is 6.46. The molecule has 8 nitrogen and oxygen atoms in total. The number of H-pyrrole nitrogens is 1. The molecule has 3 aliphatic rings. The van der Waals surface area contributed by atoms with E-state index in [1.165, 1.54) is 13.2 Å². The number of carbonyl (C=O) groups excluding carboxylic acids is 1. The van der Waals surface area contributed by atoms with Crippen LogP contribution >= 0.6 is 0 Å². The Balaban J connectivity index is 1.55. The van der Waals surface area contributed by atoms with E-state index in [2.05, 4.69) is 45.8 Å². The lowest BCUT2D eigenvalue weighted by Crippen LogP contribution is -2.71. The molecule has 180 valence electrons. The summed E-state index contributed by atoms with van der Waals surface area (Å²) < 4.78 is 19.1. The highest BCUT2D eigenvalue weighted by Gasteiger charge is 2.51. The summed E-state index contributed by atoms with van der Waals surface area (Å²) in [5.41, 5.74) is 2.04. The summed E-state index contributed by atoms with van der Waals surface area (Å²) in [5.74, 6) is -0.117. The molecule has 3 unspecified atom stereocenters. The molecule has 2 bridgehead atoms. The average molecular weight is 459 g/mol. The first-order valence-electron chi connectivity index (χ1n) is 11.6.